The predicted octanol–water partition coefficient (Wildman–Crippen LogP) is 4.63. The summed E-state index contributed by atoms with van der Waals surface area (Å²) in [6, 6.07) is 11.8. The first-order chi connectivity index (χ1) is 16.5. The number of carbonyl (C=O) groups excluding carboxylic acids is 1. The van der Waals surface area contributed by atoms with Crippen molar-refractivity contribution in [3.8, 4) is 5.69 Å². The summed E-state index contributed by atoms with van der Waals surface area (Å²) in [5, 5.41) is 12.9. The van der Waals surface area contributed by atoms with Crippen LogP contribution < -0.4 is 5.32 Å². The number of aromatic nitrogens is 5. The number of anilines is 1. The van der Waals surface area contributed by atoms with Gasteiger partial charge in [0.1, 0.15) is 0 Å². The van der Waals surface area contributed by atoms with Gasteiger partial charge in [0.2, 0.25) is 5.95 Å². The average Bonchev–Trinajstić information content (AvgIpc) is 3.37. The summed E-state index contributed by atoms with van der Waals surface area (Å²) in [4.78, 5) is 26.5. The molecule has 3 heterocycles. The van der Waals surface area contributed by atoms with E-state index in [1.165, 1.54) is 4.80 Å². The molecule has 0 aliphatic carbocycles. The van der Waals surface area contributed by atoms with Gasteiger partial charge in [0.25, 0.3) is 5.91 Å². The van der Waals surface area contributed by atoms with Crippen molar-refractivity contribution >= 4 is 38.7 Å². The van der Waals surface area contributed by atoms with Crippen LogP contribution in [0.1, 0.15) is 35.7 Å². The highest BCUT2D eigenvalue weighted by molar-refractivity contribution is 9.10. The maximum atomic E-state index is 13.8. The third kappa shape index (κ3) is 4.52. The van der Waals surface area contributed by atoms with E-state index in [-0.39, 0.29) is 11.9 Å². The summed E-state index contributed by atoms with van der Waals surface area (Å²) in [5.74, 6) is 0.904. The summed E-state index contributed by atoms with van der Waals surface area (Å²) in [7, 11) is 0. The molecule has 0 bridgehead atoms. The normalized spacial score (nSPS) is 18.3. The summed E-state index contributed by atoms with van der Waals surface area (Å²) < 4.78 is 0.975. The van der Waals surface area contributed by atoms with Crippen LogP contribution in [0.5, 0.6) is 0 Å². The molecular weight excluding hydrogens is 494 g/mol. The molecule has 2 aromatic carbocycles. The van der Waals surface area contributed by atoms with Gasteiger partial charge in [-0.05, 0) is 49.9 Å². The molecule has 4 aromatic rings. The Bertz CT molecular complexity index is 1320. The molecule has 2 atom stereocenters. The molecule has 1 aliphatic heterocycles. The lowest BCUT2D eigenvalue weighted by Crippen LogP contribution is -2.51. The van der Waals surface area contributed by atoms with Crippen LogP contribution in [0.15, 0.2) is 59.5 Å². The van der Waals surface area contributed by atoms with Gasteiger partial charge < -0.3 is 10.2 Å². The fourth-order valence-electron chi connectivity index (χ4n) is 4.58. The van der Waals surface area contributed by atoms with E-state index in [0.717, 1.165) is 33.8 Å². The van der Waals surface area contributed by atoms with Gasteiger partial charge in [-0.1, -0.05) is 40.5 Å². The van der Waals surface area contributed by atoms with Crippen molar-refractivity contribution in [1.29, 1.82) is 0 Å². The molecule has 2 unspecified atom stereocenters. The number of amides is 1. The van der Waals surface area contributed by atoms with Crippen LogP contribution in [0.2, 0.25) is 0 Å². The van der Waals surface area contributed by atoms with E-state index in [4.69, 9.17) is 0 Å². The number of halogens is 1. The highest BCUT2D eigenvalue weighted by Gasteiger charge is 2.33. The lowest BCUT2D eigenvalue weighted by molar-refractivity contribution is 0.0539. The number of nitrogens with one attached hydrogen (secondary N) is 1. The number of fused-ring (bicyclic) bond motifs is 1. The van der Waals surface area contributed by atoms with Crippen LogP contribution in [0.25, 0.3) is 16.6 Å². The molecule has 1 saturated heterocycles. The smallest absolute Gasteiger partial charge is 0.256 e. The van der Waals surface area contributed by atoms with Gasteiger partial charge in [-0.15, -0.1) is 0 Å². The summed E-state index contributed by atoms with van der Waals surface area (Å²) in [6.07, 6.45) is 7.10. The number of nitrogens with zero attached hydrogens (tertiary/aromatic N) is 6. The van der Waals surface area contributed by atoms with Crippen LogP contribution in [0.3, 0.4) is 0 Å². The minimum Gasteiger partial charge on any atom is -0.352 e. The third-order valence-corrected chi connectivity index (χ3v) is 6.90. The molecule has 0 radical (unpaired) electrons. The number of rotatable bonds is 5. The highest BCUT2D eigenvalue weighted by Crippen LogP contribution is 2.27. The molecule has 8 nitrogen and oxygen atoms in total. The maximum Gasteiger partial charge on any atom is 0.256 e. The van der Waals surface area contributed by atoms with E-state index in [0.29, 0.717) is 36.2 Å². The summed E-state index contributed by atoms with van der Waals surface area (Å²) in [5.41, 5.74) is 3.19. The first-order valence-corrected chi connectivity index (χ1v) is 12.2. The summed E-state index contributed by atoms with van der Waals surface area (Å²) in [6.45, 7) is 5.48. The van der Waals surface area contributed by atoms with Gasteiger partial charge in [0.15, 0.2) is 0 Å². The Hall–Kier alpha value is -3.33. The van der Waals surface area contributed by atoms with E-state index >= 15 is 0 Å². The zero-order chi connectivity index (χ0) is 23.7. The monoisotopic (exact) mass is 519 g/mol. The van der Waals surface area contributed by atoms with Crippen molar-refractivity contribution in [3.63, 3.8) is 0 Å². The molecule has 0 saturated carbocycles. The number of carbonyl (C=O) groups is 1. The molecule has 0 spiro atoms. The largest absolute Gasteiger partial charge is 0.352 e. The van der Waals surface area contributed by atoms with Crippen molar-refractivity contribution < 1.29 is 4.79 Å². The second-order valence-electron chi connectivity index (χ2n) is 8.80. The minimum atomic E-state index is -0.00212. The SMILES string of the molecule is Cc1ccc(-n2nccn2)c(C(=O)N2CCCC(C)C2CNc2ncc3ccc(Br)cc3n2)c1. The fraction of sp³-hybridized carbons (Fsp3) is 0.320. The topological polar surface area (TPSA) is 88.8 Å². The Kier molecular flexibility index (Phi) is 6.28. The van der Waals surface area contributed by atoms with Gasteiger partial charge in [-0.3, -0.25) is 4.79 Å². The second-order valence-corrected chi connectivity index (χ2v) is 9.72. The summed E-state index contributed by atoms with van der Waals surface area (Å²) >= 11 is 3.50. The lowest BCUT2D eigenvalue weighted by atomic mass is 9.90. The predicted molar refractivity (Wildman–Crippen MR) is 135 cm³/mol. The number of piperidine rings is 1. The Morgan fingerprint density at radius 2 is 2.00 bits per heavy atom. The van der Waals surface area contributed by atoms with Crippen LogP contribution in [0.4, 0.5) is 5.95 Å². The van der Waals surface area contributed by atoms with Gasteiger partial charge in [-0.2, -0.15) is 15.0 Å². The van der Waals surface area contributed by atoms with Crippen molar-refractivity contribution in [3.05, 3.63) is 70.6 Å². The van der Waals surface area contributed by atoms with E-state index in [1.54, 1.807) is 12.4 Å². The molecule has 1 fully saturated rings. The van der Waals surface area contributed by atoms with Crippen LogP contribution >= 0.6 is 15.9 Å². The van der Waals surface area contributed by atoms with Crippen molar-refractivity contribution in [2.24, 2.45) is 5.92 Å². The molecule has 9 heteroatoms. The number of hydrogen-bond donors (Lipinski definition) is 1. The fourth-order valence-corrected chi connectivity index (χ4v) is 4.93. The van der Waals surface area contributed by atoms with Crippen molar-refractivity contribution in [2.45, 2.75) is 32.7 Å². The number of aryl methyl sites for hydroxylation is 1. The average molecular weight is 520 g/mol. The first kappa shape index (κ1) is 22.5. The van der Waals surface area contributed by atoms with E-state index in [1.807, 2.05) is 54.4 Å². The number of likely N-dealkylation sites (tertiary alicyclic amines) is 1. The second kappa shape index (κ2) is 9.50. The first-order valence-electron chi connectivity index (χ1n) is 11.4. The quantitative estimate of drug-likeness (QED) is 0.413. The van der Waals surface area contributed by atoms with Gasteiger partial charge in [0.05, 0.1) is 35.2 Å². The zero-order valence-corrected chi connectivity index (χ0v) is 20.7. The zero-order valence-electron chi connectivity index (χ0n) is 19.1. The molecule has 1 amide bonds. The molecule has 1 aliphatic rings. The number of hydrogen-bond acceptors (Lipinski definition) is 6. The van der Waals surface area contributed by atoms with Crippen LogP contribution in [-0.4, -0.2) is 54.9 Å². The molecular formula is C25H26BrN7O. The molecule has 5 rings (SSSR count). The maximum absolute atomic E-state index is 13.8. The molecule has 174 valence electrons. The van der Waals surface area contributed by atoms with Crippen molar-refractivity contribution in [2.75, 3.05) is 18.4 Å². The van der Waals surface area contributed by atoms with Crippen LogP contribution in [-0.2, 0) is 0 Å². The molecule has 1 N–H and O–H groups in total. The van der Waals surface area contributed by atoms with Gasteiger partial charge >= 0.3 is 0 Å². The highest BCUT2D eigenvalue weighted by atomic mass is 79.9. The van der Waals surface area contributed by atoms with E-state index < -0.39 is 0 Å². The molecule has 2 aromatic heterocycles. The van der Waals surface area contributed by atoms with E-state index in [9.17, 15) is 4.79 Å². The van der Waals surface area contributed by atoms with Gasteiger partial charge in [-0.25, -0.2) is 9.97 Å². The van der Waals surface area contributed by atoms with Crippen molar-refractivity contribution in [1.82, 2.24) is 29.9 Å². The third-order valence-electron chi connectivity index (χ3n) is 6.41. The van der Waals surface area contributed by atoms with Crippen LogP contribution in [0, 0.1) is 12.8 Å². The van der Waals surface area contributed by atoms with Gasteiger partial charge in [0, 0.05) is 29.1 Å². The minimum absolute atomic E-state index is 0.00212. The molecule has 34 heavy (non-hydrogen) atoms. The standard InChI is InChI=1S/C25H26BrN7O/c1-16-5-8-22(33-29-9-10-30-33)20(12-16)24(34)32-11-3-4-17(2)23(32)15-28-25-27-14-18-6-7-19(26)13-21(18)31-25/h5-10,12-14,17,23H,3-4,11,15H2,1-2H3,(H,27,28,31). The Balaban J connectivity index is 1.40. The van der Waals surface area contributed by atoms with E-state index in [2.05, 4.69) is 48.3 Å². The Morgan fingerprint density at radius 1 is 1.18 bits per heavy atom. The lowest BCUT2D eigenvalue weighted by Gasteiger charge is -2.40. The number of benzene rings is 2. The Morgan fingerprint density at radius 3 is 2.82 bits per heavy atom. The Labute approximate surface area is 206 Å².